The van der Waals surface area contributed by atoms with E-state index in [0.717, 1.165) is 25.6 Å². The molecule has 0 N–H and O–H groups in total. The molecule has 1 rings (SSSR count). The lowest BCUT2D eigenvalue weighted by Gasteiger charge is -2.35. The van der Waals surface area contributed by atoms with Crippen LogP contribution in [-0.4, -0.2) is 39.6 Å². The quantitative estimate of drug-likeness (QED) is 0.474. The summed E-state index contributed by atoms with van der Waals surface area (Å²) in [6, 6.07) is 0. The molecule has 3 nitrogen and oxygen atoms in total. The number of ether oxygens (including phenoxy) is 3. The number of hydrogen-bond acceptors (Lipinski definition) is 3. The van der Waals surface area contributed by atoms with E-state index in [9.17, 15) is 0 Å². The predicted molar refractivity (Wildman–Crippen MR) is 78.4 cm³/mol. The first-order valence-corrected chi connectivity index (χ1v) is 7.48. The highest BCUT2D eigenvalue weighted by Gasteiger charge is 2.29. The highest BCUT2D eigenvalue weighted by molar-refractivity contribution is 5.02. The summed E-state index contributed by atoms with van der Waals surface area (Å²) in [5.74, 6) is 1.32. The van der Waals surface area contributed by atoms with Crippen LogP contribution in [0, 0.1) is 11.8 Å². The smallest absolute Gasteiger partial charge is 0.0700 e. The Morgan fingerprint density at radius 1 is 1.16 bits per heavy atom. The van der Waals surface area contributed by atoms with Gasteiger partial charge < -0.3 is 14.2 Å². The normalized spacial score (nSPS) is 27.4. The molecule has 0 aliphatic heterocycles. The fourth-order valence-corrected chi connectivity index (χ4v) is 2.72. The topological polar surface area (TPSA) is 27.7 Å². The number of hydrogen-bond donors (Lipinski definition) is 0. The Morgan fingerprint density at radius 3 is 2.63 bits per heavy atom. The molecule has 0 aromatic heterocycles. The summed E-state index contributed by atoms with van der Waals surface area (Å²) >= 11 is 0. The molecule has 0 amide bonds. The molecule has 1 aliphatic rings. The molecule has 1 aliphatic carbocycles. The first-order valence-electron chi connectivity index (χ1n) is 7.48. The van der Waals surface area contributed by atoms with Crippen molar-refractivity contribution >= 4 is 0 Å². The molecule has 19 heavy (non-hydrogen) atoms. The van der Waals surface area contributed by atoms with Gasteiger partial charge in [-0.1, -0.05) is 19.1 Å². The van der Waals surface area contributed by atoms with Crippen molar-refractivity contribution in [2.24, 2.45) is 11.8 Å². The molecule has 0 aromatic carbocycles. The van der Waals surface area contributed by atoms with Gasteiger partial charge in [0, 0.05) is 26.2 Å². The minimum absolute atomic E-state index is 0.361. The SMILES string of the molecule is C=C(C)C1CCC(C)CC1OCCCOCCOC. The molecular weight excluding hydrogens is 240 g/mol. The molecule has 0 bridgehead atoms. The Bertz CT molecular complexity index is 252. The predicted octanol–water partition coefficient (Wildman–Crippen LogP) is 3.44. The summed E-state index contributed by atoms with van der Waals surface area (Å²) < 4.78 is 16.4. The van der Waals surface area contributed by atoms with Gasteiger partial charge in [-0.2, -0.15) is 0 Å². The molecule has 0 heterocycles. The van der Waals surface area contributed by atoms with Crippen LogP contribution in [0.4, 0.5) is 0 Å². The van der Waals surface area contributed by atoms with Crippen molar-refractivity contribution in [3.05, 3.63) is 12.2 Å². The molecule has 0 aromatic rings. The molecule has 1 saturated carbocycles. The van der Waals surface area contributed by atoms with Crippen molar-refractivity contribution in [3.63, 3.8) is 0 Å². The van der Waals surface area contributed by atoms with Crippen LogP contribution in [0.3, 0.4) is 0 Å². The van der Waals surface area contributed by atoms with Crippen molar-refractivity contribution in [2.45, 2.75) is 45.6 Å². The van der Waals surface area contributed by atoms with E-state index in [1.807, 2.05) is 0 Å². The third-order valence-electron chi connectivity index (χ3n) is 3.88. The van der Waals surface area contributed by atoms with Gasteiger partial charge in [-0.05, 0) is 38.5 Å². The third-order valence-corrected chi connectivity index (χ3v) is 3.88. The highest BCUT2D eigenvalue weighted by Crippen LogP contribution is 2.34. The monoisotopic (exact) mass is 270 g/mol. The average Bonchev–Trinajstić information content (AvgIpc) is 2.37. The van der Waals surface area contributed by atoms with Crippen LogP contribution in [0.2, 0.25) is 0 Å². The van der Waals surface area contributed by atoms with E-state index >= 15 is 0 Å². The second kappa shape index (κ2) is 9.51. The number of rotatable bonds is 9. The number of methoxy groups -OCH3 is 1. The molecule has 3 unspecified atom stereocenters. The highest BCUT2D eigenvalue weighted by atomic mass is 16.5. The average molecular weight is 270 g/mol. The molecule has 1 fully saturated rings. The zero-order valence-electron chi connectivity index (χ0n) is 12.8. The van der Waals surface area contributed by atoms with Crippen LogP contribution >= 0.6 is 0 Å². The van der Waals surface area contributed by atoms with Crippen molar-refractivity contribution in [2.75, 3.05) is 33.5 Å². The van der Waals surface area contributed by atoms with Gasteiger partial charge in [0.05, 0.1) is 19.3 Å². The fourth-order valence-electron chi connectivity index (χ4n) is 2.72. The first-order chi connectivity index (χ1) is 9.15. The van der Waals surface area contributed by atoms with E-state index in [1.54, 1.807) is 7.11 Å². The van der Waals surface area contributed by atoms with Crippen LogP contribution in [-0.2, 0) is 14.2 Å². The summed E-state index contributed by atoms with van der Waals surface area (Å²) in [5.41, 5.74) is 1.27. The van der Waals surface area contributed by atoms with Gasteiger partial charge in [-0.3, -0.25) is 0 Å². The van der Waals surface area contributed by atoms with Gasteiger partial charge in [0.2, 0.25) is 0 Å². The van der Waals surface area contributed by atoms with Crippen LogP contribution in [0.25, 0.3) is 0 Å². The van der Waals surface area contributed by atoms with E-state index in [2.05, 4.69) is 20.4 Å². The second-order valence-electron chi connectivity index (χ2n) is 5.74. The Labute approximate surface area is 118 Å². The van der Waals surface area contributed by atoms with Crippen LogP contribution in [0.1, 0.15) is 39.5 Å². The van der Waals surface area contributed by atoms with Gasteiger partial charge in [0.15, 0.2) is 0 Å². The zero-order valence-corrected chi connectivity index (χ0v) is 12.8. The summed E-state index contributed by atoms with van der Waals surface area (Å²) in [7, 11) is 1.69. The maximum absolute atomic E-state index is 6.06. The maximum Gasteiger partial charge on any atom is 0.0700 e. The molecule has 112 valence electrons. The second-order valence-corrected chi connectivity index (χ2v) is 5.74. The molecule has 0 saturated heterocycles. The Balaban J connectivity index is 2.16. The van der Waals surface area contributed by atoms with E-state index in [4.69, 9.17) is 14.2 Å². The fraction of sp³-hybridized carbons (Fsp3) is 0.875. The molecular formula is C16H30O3. The van der Waals surface area contributed by atoms with Crippen molar-refractivity contribution in [3.8, 4) is 0 Å². The van der Waals surface area contributed by atoms with Crippen molar-refractivity contribution < 1.29 is 14.2 Å². The Morgan fingerprint density at radius 2 is 1.95 bits per heavy atom. The van der Waals surface area contributed by atoms with E-state index in [0.29, 0.717) is 25.2 Å². The van der Waals surface area contributed by atoms with Crippen molar-refractivity contribution in [1.29, 1.82) is 0 Å². The molecule has 3 atom stereocenters. The van der Waals surface area contributed by atoms with Gasteiger partial charge in [0.1, 0.15) is 0 Å². The molecule has 0 radical (unpaired) electrons. The lowest BCUT2D eigenvalue weighted by atomic mass is 9.78. The summed E-state index contributed by atoms with van der Waals surface area (Å²) in [4.78, 5) is 0. The maximum atomic E-state index is 6.06. The summed E-state index contributed by atoms with van der Waals surface area (Å²) in [6.45, 7) is 11.4. The minimum Gasteiger partial charge on any atom is -0.382 e. The van der Waals surface area contributed by atoms with Gasteiger partial charge >= 0.3 is 0 Å². The lowest BCUT2D eigenvalue weighted by Crippen LogP contribution is -2.32. The van der Waals surface area contributed by atoms with Gasteiger partial charge in [-0.15, -0.1) is 0 Å². The summed E-state index contributed by atoms with van der Waals surface area (Å²) in [6.07, 6.45) is 5.02. The van der Waals surface area contributed by atoms with Crippen molar-refractivity contribution in [1.82, 2.24) is 0 Å². The van der Waals surface area contributed by atoms with Crippen LogP contribution in [0.5, 0.6) is 0 Å². The molecule has 0 spiro atoms. The summed E-state index contributed by atoms with van der Waals surface area (Å²) in [5, 5.41) is 0. The first kappa shape index (κ1) is 16.7. The molecule has 3 heteroatoms. The zero-order chi connectivity index (χ0) is 14.1. The van der Waals surface area contributed by atoms with Crippen LogP contribution in [0.15, 0.2) is 12.2 Å². The lowest BCUT2D eigenvalue weighted by molar-refractivity contribution is -0.0230. The largest absolute Gasteiger partial charge is 0.382 e. The third kappa shape index (κ3) is 6.55. The van der Waals surface area contributed by atoms with E-state index in [1.165, 1.54) is 24.8 Å². The van der Waals surface area contributed by atoms with Gasteiger partial charge in [0.25, 0.3) is 0 Å². The van der Waals surface area contributed by atoms with Gasteiger partial charge in [-0.25, -0.2) is 0 Å². The Kier molecular flexibility index (Phi) is 8.35. The van der Waals surface area contributed by atoms with E-state index < -0.39 is 0 Å². The van der Waals surface area contributed by atoms with E-state index in [-0.39, 0.29) is 0 Å². The Hall–Kier alpha value is -0.380. The standard InChI is InChI=1S/C16H30O3/c1-13(2)15-7-6-14(3)12-16(15)19-9-5-8-18-11-10-17-4/h14-16H,1,5-12H2,2-4H3. The van der Waals surface area contributed by atoms with Crippen LogP contribution < -0.4 is 0 Å². The minimum atomic E-state index is 0.361.